The molecule has 3 heteroatoms. The molecule has 1 unspecified atom stereocenters. The fraction of sp³-hybridized carbons (Fsp3) is 0.200. The van der Waals surface area contributed by atoms with E-state index in [0.717, 1.165) is 22.8 Å². The highest BCUT2D eigenvalue weighted by Gasteiger charge is 2.15. The number of aliphatic hydroxyl groups is 1. The zero-order chi connectivity index (χ0) is 13.0. The van der Waals surface area contributed by atoms with E-state index in [-0.39, 0.29) is 0 Å². The summed E-state index contributed by atoms with van der Waals surface area (Å²) in [6.07, 6.45) is -0.467. The van der Waals surface area contributed by atoms with Crippen LogP contribution in [0.2, 0.25) is 0 Å². The van der Waals surface area contributed by atoms with Gasteiger partial charge in [0.2, 0.25) is 0 Å². The molecule has 0 saturated carbocycles. The molecule has 2 aromatic carbocycles. The molecule has 0 aromatic heterocycles. The van der Waals surface area contributed by atoms with Crippen molar-refractivity contribution in [3.63, 3.8) is 0 Å². The molecule has 0 spiro atoms. The molecule has 0 fully saturated rings. The van der Waals surface area contributed by atoms with Gasteiger partial charge in [0.25, 0.3) is 0 Å². The normalized spacial score (nSPS) is 12.4. The molecule has 18 heavy (non-hydrogen) atoms. The van der Waals surface area contributed by atoms with Crippen molar-refractivity contribution < 1.29 is 14.6 Å². The van der Waals surface area contributed by atoms with Gasteiger partial charge >= 0.3 is 0 Å². The van der Waals surface area contributed by atoms with Gasteiger partial charge in [0.05, 0.1) is 13.2 Å². The lowest BCUT2D eigenvalue weighted by Crippen LogP contribution is -1.95. The van der Waals surface area contributed by atoms with Crippen molar-refractivity contribution in [3.05, 3.63) is 54.1 Å². The Morgan fingerprint density at radius 2 is 1.56 bits per heavy atom. The van der Waals surface area contributed by atoms with Crippen molar-refractivity contribution >= 4 is 0 Å². The number of para-hydroxylation sites is 3. The number of methoxy groups -OCH3 is 1. The summed E-state index contributed by atoms with van der Waals surface area (Å²) in [6, 6.07) is 15.3. The van der Waals surface area contributed by atoms with Crippen LogP contribution in [0.1, 0.15) is 18.6 Å². The maximum atomic E-state index is 9.26. The number of rotatable bonds is 2. The van der Waals surface area contributed by atoms with Crippen LogP contribution in [0.3, 0.4) is 0 Å². The highest BCUT2D eigenvalue weighted by Crippen LogP contribution is 2.43. The Morgan fingerprint density at radius 1 is 1.00 bits per heavy atom. The highest BCUT2D eigenvalue weighted by atomic mass is 16.6. The standard InChI is InChI=1S/C9H12O2.C6H4O/c1-7(10)8-5-3-4-6-9(8)11-2;1-2-4-6-5(3-1)7-6/h3-7,10H,1-2H3;1-4H. The van der Waals surface area contributed by atoms with Gasteiger partial charge in [-0.1, -0.05) is 30.3 Å². The molecule has 3 rings (SSSR count). The summed E-state index contributed by atoms with van der Waals surface area (Å²) < 4.78 is 9.98. The quantitative estimate of drug-likeness (QED) is 0.701. The first-order valence-corrected chi connectivity index (χ1v) is 5.80. The molecule has 1 atom stereocenters. The zero-order valence-corrected chi connectivity index (χ0v) is 10.5. The van der Waals surface area contributed by atoms with Gasteiger partial charge in [0, 0.05) is 5.56 Å². The molecule has 3 nitrogen and oxygen atoms in total. The van der Waals surface area contributed by atoms with Crippen LogP contribution in [0.25, 0.3) is 0 Å². The van der Waals surface area contributed by atoms with Crippen LogP contribution in [0, 0.1) is 0 Å². The summed E-state index contributed by atoms with van der Waals surface area (Å²) in [7, 11) is 1.60. The van der Waals surface area contributed by atoms with Crippen LogP contribution < -0.4 is 9.47 Å². The van der Waals surface area contributed by atoms with E-state index in [1.165, 1.54) is 0 Å². The molecule has 2 aromatic rings. The summed E-state index contributed by atoms with van der Waals surface area (Å²) in [6.45, 7) is 1.72. The Hall–Kier alpha value is -2.00. The number of ether oxygens (including phenoxy) is 2. The van der Waals surface area contributed by atoms with Crippen molar-refractivity contribution in [2.24, 2.45) is 0 Å². The fourth-order valence-electron chi connectivity index (χ4n) is 1.62. The van der Waals surface area contributed by atoms with E-state index in [9.17, 15) is 5.11 Å². The molecule has 1 heterocycles. The summed E-state index contributed by atoms with van der Waals surface area (Å²) in [5, 5.41) is 9.26. The minimum atomic E-state index is -0.467. The molecule has 0 amide bonds. The lowest BCUT2D eigenvalue weighted by molar-refractivity contribution is 0.194. The average Bonchev–Trinajstić information content (AvgIpc) is 3.18. The van der Waals surface area contributed by atoms with Gasteiger partial charge in [-0.05, 0) is 25.1 Å². The van der Waals surface area contributed by atoms with E-state index in [1.807, 2.05) is 48.5 Å². The fourth-order valence-corrected chi connectivity index (χ4v) is 1.62. The van der Waals surface area contributed by atoms with Crippen LogP contribution in [0.15, 0.2) is 48.5 Å². The van der Waals surface area contributed by atoms with Gasteiger partial charge in [0.15, 0.2) is 11.5 Å². The first kappa shape index (κ1) is 12.5. The Labute approximate surface area is 107 Å². The Balaban J connectivity index is 0.000000146. The van der Waals surface area contributed by atoms with Gasteiger partial charge in [0.1, 0.15) is 5.75 Å². The molecule has 1 aliphatic rings. The molecule has 0 bridgehead atoms. The molecular weight excluding hydrogens is 228 g/mol. The van der Waals surface area contributed by atoms with Crippen molar-refractivity contribution in [3.8, 4) is 17.2 Å². The smallest absolute Gasteiger partial charge is 0.170 e. The maximum absolute atomic E-state index is 9.26. The monoisotopic (exact) mass is 244 g/mol. The van der Waals surface area contributed by atoms with Gasteiger partial charge in [-0.25, -0.2) is 0 Å². The molecule has 0 radical (unpaired) electrons. The third kappa shape index (κ3) is 3.02. The predicted molar refractivity (Wildman–Crippen MR) is 70.1 cm³/mol. The second kappa shape index (κ2) is 5.56. The number of benzene rings is 2. The summed E-state index contributed by atoms with van der Waals surface area (Å²) in [5.74, 6) is 2.80. The number of hydrogen-bond donors (Lipinski definition) is 1. The average molecular weight is 244 g/mol. The van der Waals surface area contributed by atoms with E-state index in [2.05, 4.69) is 0 Å². The van der Waals surface area contributed by atoms with Crippen LogP contribution in [0.5, 0.6) is 17.2 Å². The van der Waals surface area contributed by atoms with Crippen molar-refractivity contribution in [2.75, 3.05) is 7.11 Å². The van der Waals surface area contributed by atoms with E-state index in [0.29, 0.717) is 0 Å². The van der Waals surface area contributed by atoms with E-state index >= 15 is 0 Å². The van der Waals surface area contributed by atoms with Crippen molar-refractivity contribution in [1.82, 2.24) is 0 Å². The van der Waals surface area contributed by atoms with Crippen molar-refractivity contribution in [2.45, 2.75) is 13.0 Å². The summed E-state index contributed by atoms with van der Waals surface area (Å²) >= 11 is 0. The molecular formula is C15H16O3. The van der Waals surface area contributed by atoms with E-state index < -0.39 is 6.10 Å². The third-order valence-corrected chi connectivity index (χ3v) is 2.62. The first-order valence-electron chi connectivity index (χ1n) is 5.80. The van der Waals surface area contributed by atoms with Crippen molar-refractivity contribution in [1.29, 1.82) is 0 Å². The Kier molecular flexibility index (Phi) is 3.85. The molecule has 0 aliphatic carbocycles. The molecule has 1 aliphatic heterocycles. The molecule has 1 N–H and O–H groups in total. The minimum absolute atomic E-state index is 0.467. The maximum Gasteiger partial charge on any atom is 0.170 e. The molecule has 0 saturated heterocycles. The summed E-state index contributed by atoms with van der Waals surface area (Å²) in [5.41, 5.74) is 0.829. The second-order valence-electron chi connectivity index (χ2n) is 3.97. The second-order valence-corrected chi connectivity index (χ2v) is 3.97. The van der Waals surface area contributed by atoms with Crippen LogP contribution in [0.4, 0.5) is 0 Å². The van der Waals surface area contributed by atoms with E-state index in [4.69, 9.17) is 9.47 Å². The van der Waals surface area contributed by atoms with Gasteiger partial charge in [-0.3, -0.25) is 0 Å². The largest absolute Gasteiger partial charge is 0.496 e. The lowest BCUT2D eigenvalue weighted by Gasteiger charge is -2.09. The lowest BCUT2D eigenvalue weighted by atomic mass is 10.1. The topological polar surface area (TPSA) is 42.0 Å². The highest BCUT2D eigenvalue weighted by molar-refractivity contribution is 5.53. The van der Waals surface area contributed by atoms with Gasteiger partial charge < -0.3 is 14.6 Å². The first-order chi connectivity index (χ1) is 8.72. The third-order valence-electron chi connectivity index (χ3n) is 2.62. The van der Waals surface area contributed by atoms with Crippen LogP contribution >= 0.6 is 0 Å². The zero-order valence-electron chi connectivity index (χ0n) is 10.5. The minimum Gasteiger partial charge on any atom is -0.496 e. The van der Waals surface area contributed by atoms with Crippen LogP contribution in [-0.2, 0) is 0 Å². The van der Waals surface area contributed by atoms with Crippen LogP contribution in [-0.4, -0.2) is 12.2 Å². The van der Waals surface area contributed by atoms with Gasteiger partial charge in [-0.15, -0.1) is 0 Å². The summed E-state index contributed by atoms with van der Waals surface area (Å²) in [4.78, 5) is 0. The predicted octanol–water partition coefficient (Wildman–Crippen LogP) is 3.54. The number of hydrogen-bond acceptors (Lipinski definition) is 3. The number of aliphatic hydroxyl groups excluding tert-OH is 1. The SMILES string of the molecule is COc1ccccc1C(C)O.c1ccc2c(c1)O2. The Morgan fingerprint density at radius 3 is 2.00 bits per heavy atom. The van der Waals surface area contributed by atoms with Gasteiger partial charge in [-0.2, -0.15) is 0 Å². The van der Waals surface area contributed by atoms with E-state index in [1.54, 1.807) is 14.0 Å². The number of fused-ring (bicyclic) bond motifs is 1. The molecule has 94 valence electrons. The Bertz CT molecular complexity index is 500.